The van der Waals surface area contributed by atoms with Gasteiger partial charge in [0.05, 0.1) is 28.1 Å². The second kappa shape index (κ2) is 17.6. The maximum atomic E-state index is 13.4. The van der Waals surface area contributed by atoms with Crippen molar-refractivity contribution in [2.75, 3.05) is 0 Å². The summed E-state index contributed by atoms with van der Waals surface area (Å²) < 4.78 is 7.28. The van der Waals surface area contributed by atoms with Crippen molar-refractivity contribution >= 4 is 57.4 Å². The fourth-order valence-corrected chi connectivity index (χ4v) is 9.11. The lowest BCUT2D eigenvalue weighted by atomic mass is 9.75. The summed E-state index contributed by atoms with van der Waals surface area (Å²) in [6, 6.07) is 18.5. The molecule has 59 heavy (non-hydrogen) atoms. The van der Waals surface area contributed by atoms with Gasteiger partial charge in [-0.15, -0.1) is 22.7 Å². The number of benzene rings is 2. The predicted octanol–water partition coefficient (Wildman–Crippen LogP) is 11.6. The molecule has 8 rings (SSSR count). The van der Waals surface area contributed by atoms with Crippen LogP contribution in [0.3, 0.4) is 0 Å². The van der Waals surface area contributed by atoms with Gasteiger partial charge in [-0.1, -0.05) is 89.0 Å². The highest BCUT2D eigenvalue weighted by Gasteiger charge is 2.36. The molecular formula is C46H48Cl2N4O5S2. The number of nitrogens with zero attached hydrogens (tertiary/aromatic N) is 3. The summed E-state index contributed by atoms with van der Waals surface area (Å²) in [5.41, 5.74) is 10.5. The van der Waals surface area contributed by atoms with Crippen molar-refractivity contribution in [3.05, 3.63) is 125 Å². The van der Waals surface area contributed by atoms with Crippen LogP contribution in [0.25, 0.3) is 43.7 Å². The third-order valence-electron chi connectivity index (χ3n) is 9.79. The molecule has 0 amide bonds. The van der Waals surface area contributed by atoms with E-state index in [0.29, 0.717) is 73.4 Å². The van der Waals surface area contributed by atoms with Gasteiger partial charge in [-0.3, -0.25) is 14.4 Å². The van der Waals surface area contributed by atoms with E-state index in [0.717, 1.165) is 34.6 Å². The van der Waals surface area contributed by atoms with Crippen LogP contribution >= 0.6 is 45.9 Å². The second-order valence-corrected chi connectivity index (χ2v) is 19.8. The molecule has 2 aliphatic rings. The van der Waals surface area contributed by atoms with E-state index in [-0.39, 0.29) is 34.0 Å². The molecule has 0 fully saturated rings. The number of nitrogens with two attached hydrogens (primary N) is 1. The molecule has 0 atom stereocenters. The summed E-state index contributed by atoms with van der Waals surface area (Å²) in [6.45, 7) is 16.0. The van der Waals surface area contributed by atoms with Crippen LogP contribution in [0.5, 0.6) is 0 Å². The molecule has 0 saturated heterocycles. The first kappa shape index (κ1) is 44.0. The highest BCUT2D eigenvalue weighted by molar-refractivity contribution is 7.13. The Morgan fingerprint density at radius 3 is 1.59 bits per heavy atom. The molecule has 4 aromatic heterocycles. The Morgan fingerprint density at radius 1 is 0.661 bits per heavy atom. The number of carbonyl (C=O) groups is 2. The molecule has 2 aromatic carbocycles. The van der Waals surface area contributed by atoms with Gasteiger partial charge < -0.3 is 14.7 Å². The Kier molecular flexibility index (Phi) is 13.1. The van der Waals surface area contributed by atoms with E-state index in [9.17, 15) is 19.2 Å². The van der Waals surface area contributed by atoms with Gasteiger partial charge in [0, 0.05) is 68.5 Å². The van der Waals surface area contributed by atoms with E-state index >= 15 is 0 Å². The van der Waals surface area contributed by atoms with Gasteiger partial charge in [-0.05, 0) is 73.5 Å². The topological polar surface area (TPSA) is 138 Å². The predicted molar refractivity (Wildman–Crippen MR) is 241 cm³/mol. The average Bonchev–Trinajstić information content (AvgIpc) is 3.82. The van der Waals surface area contributed by atoms with Crippen molar-refractivity contribution in [3.63, 3.8) is 0 Å². The minimum atomic E-state index is -0.453. The second-order valence-electron chi connectivity index (χ2n) is 17.2. The van der Waals surface area contributed by atoms with E-state index in [1.165, 1.54) is 22.7 Å². The zero-order chi connectivity index (χ0) is 43.0. The molecule has 0 aliphatic heterocycles. The Labute approximate surface area is 362 Å². The van der Waals surface area contributed by atoms with Crippen LogP contribution in [0.2, 0.25) is 10.0 Å². The van der Waals surface area contributed by atoms with Crippen LogP contribution < -0.4 is 16.9 Å². The number of fused-ring (bicyclic) bond motifs is 2. The average molecular weight is 872 g/mol. The lowest BCUT2D eigenvalue weighted by Gasteiger charge is -2.33. The first-order chi connectivity index (χ1) is 27.7. The normalized spacial score (nSPS) is 15.2. The van der Waals surface area contributed by atoms with Gasteiger partial charge in [0.2, 0.25) is 0 Å². The molecule has 0 saturated carbocycles. The zero-order valence-electron chi connectivity index (χ0n) is 34.4. The quantitative estimate of drug-likeness (QED) is 0.181. The minimum Gasteiger partial charge on any atom is -0.427 e. The third-order valence-corrected chi connectivity index (χ3v) is 12.0. The van der Waals surface area contributed by atoms with Gasteiger partial charge in [-0.2, -0.15) is 0 Å². The minimum absolute atomic E-state index is 0.00994. The summed E-state index contributed by atoms with van der Waals surface area (Å²) in [5.74, 6) is 0.589. The summed E-state index contributed by atoms with van der Waals surface area (Å²) in [4.78, 5) is 60.5. The van der Waals surface area contributed by atoms with E-state index in [2.05, 4.69) is 18.8 Å². The van der Waals surface area contributed by atoms with Crippen molar-refractivity contribution in [1.82, 2.24) is 14.5 Å². The standard InChI is InChI=1S/C23H23ClN2O2S.C20H16ClNO3S.C3H9N/c1-13(2)26-19-10-23(3,4)11-20(27)16(19)9-17(22(26)28)21-25-18(12-29-21)14-5-7-15(24)8-6-14;1-20(2)8-16(23)13-7-14(19(24)25-17(13)9-20)18-22-15(10-26-18)11-3-5-12(21)6-4-11;1-3(2)4/h5-9,12-13H,10-11H2,1-4H3;3-7,10H,8-9H2,1-2H3;3H,4H2,1-2H3. The number of halogens is 2. The maximum Gasteiger partial charge on any atom is 0.346 e. The molecule has 13 heteroatoms. The molecule has 0 spiro atoms. The zero-order valence-corrected chi connectivity index (χ0v) is 37.6. The smallest absolute Gasteiger partial charge is 0.346 e. The fourth-order valence-electron chi connectivity index (χ4n) is 7.19. The van der Waals surface area contributed by atoms with Crippen molar-refractivity contribution in [2.24, 2.45) is 16.6 Å². The number of aromatic nitrogens is 3. The van der Waals surface area contributed by atoms with E-state index in [4.69, 9.17) is 38.3 Å². The highest BCUT2D eigenvalue weighted by atomic mass is 35.5. The number of hydrogen-bond acceptors (Lipinski definition) is 10. The molecule has 9 nitrogen and oxygen atoms in total. The van der Waals surface area contributed by atoms with Gasteiger partial charge >= 0.3 is 5.63 Å². The van der Waals surface area contributed by atoms with Gasteiger partial charge in [-0.25, -0.2) is 14.8 Å². The summed E-state index contributed by atoms with van der Waals surface area (Å²) >= 11 is 14.7. The third kappa shape index (κ3) is 10.3. The first-order valence-electron chi connectivity index (χ1n) is 19.4. The van der Waals surface area contributed by atoms with Crippen molar-refractivity contribution in [3.8, 4) is 43.7 Å². The Hall–Kier alpha value is -4.52. The Bertz CT molecular complexity index is 2630. The molecule has 2 aliphatic carbocycles. The SMILES string of the molecule is CC(C)N.CC(C)n1c2c(cc(-c3nc(-c4ccc(Cl)cc4)cs3)c1=O)C(=O)CC(C)(C)C2.CC1(C)CC(=O)c2cc(-c3nc(-c4ccc(Cl)cc4)cs3)c(=O)oc2C1. The molecule has 0 unspecified atom stereocenters. The van der Waals surface area contributed by atoms with Crippen LogP contribution in [-0.4, -0.2) is 32.1 Å². The number of ketones is 2. The maximum absolute atomic E-state index is 13.4. The van der Waals surface area contributed by atoms with Gasteiger partial charge in [0.15, 0.2) is 11.6 Å². The number of carbonyl (C=O) groups excluding carboxylic acids is 2. The largest absolute Gasteiger partial charge is 0.427 e. The van der Waals surface area contributed by atoms with Crippen molar-refractivity contribution < 1.29 is 14.0 Å². The van der Waals surface area contributed by atoms with Gasteiger partial charge in [0.1, 0.15) is 15.8 Å². The number of rotatable bonds is 5. The molecular weight excluding hydrogens is 824 g/mol. The van der Waals surface area contributed by atoms with Gasteiger partial charge in [0.25, 0.3) is 5.56 Å². The lowest BCUT2D eigenvalue weighted by molar-refractivity contribution is 0.0891. The van der Waals surface area contributed by atoms with E-state index in [1.807, 2.05) is 88.7 Å². The Morgan fingerprint density at radius 2 is 1.10 bits per heavy atom. The molecule has 0 radical (unpaired) electrons. The Balaban J connectivity index is 0.000000183. The van der Waals surface area contributed by atoms with Crippen LogP contribution in [0, 0.1) is 10.8 Å². The number of pyridine rings is 1. The number of Topliss-reactive ketones (excluding diaryl/α,β-unsaturated/α-hetero) is 2. The highest BCUT2D eigenvalue weighted by Crippen LogP contribution is 2.38. The fraction of sp³-hybridized carbons (Fsp3) is 0.348. The van der Waals surface area contributed by atoms with Crippen LogP contribution in [0.15, 0.2) is 85.4 Å². The summed E-state index contributed by atoms with van der Waals surface area (Å²) in [7, 11) is 0. The first-order valence-corrected chi connectivity index (χ1v) is 21.9. The molecule has 2 N–H and O–H groups in total. The van der Waals surface area contributed by atoms with Crippen LogP contribution in [-0.2, 0) is 12.8 Å². The van der Waals surface area contributed by atoms with Crippen LogP contribution in [0.4, 0.5) is 0 Å². The molecule has 4 heterocycles. The summed E-state index contributed by atoms with van der Waals surface area (Å²) in [6.07, 6.45) is 2.23. The lowest BCUT2D eigenvalue weighted by Crippen LogP contribution is -2.36. The van der Waals surface area contributed by atoms with Crippen molar-refractivity contribution in [1.29, 1.82) is 0 Å². The monoisotopic (exact) mass is 870 g/mol. The van der Waals surface area contributed by atoms with E-state index < -0.39 is 5.63 Å². The van der Waals surface area contributed by atoms with Crippen molar-refractivity contribution in [2.45, 2.75) is 93.2 Å². The number of thiazole rings is 2. The van der Waals surface area contributed by atoms with Crippen LogP contribution in [0.1, 0.15) is 106 Å². The molecule has 0 bridgehead atoms. The van der Waals surface area contributed by atoms with E-state index in [1.54, 1.807) is 28.8 Å². The molecule has 308 valence electrons. The summed E-state index contributed by atoms with van der Waals surface area (Å²) in [5, 5.41) is 6.31. The number of hydrogen-bond donors (Lipinski definition) is 1. The molecule has 6 aromatic rings.